The molecule has 0 aliphatic rings. The second kappa shape index (κ2) is 5.51. The standard InChI is InChI=1S/C12H16N4O3S/c1-2-8-6-16-12(19-8)7-15-11-4-3-9(5-10(11)13)20(14,17)18/h3-6,15H,2,7,13H2,1H3,(H2,14,17,18). The maximum atomic E-state index is 11.2. The molecule has 7 nitrogen and oxygen atoms in total. The Kier molecular flexibility index (Phi) is 3.96. The van der Waals surface area contributed by atoms with Gasteiger partial charge in [-0.2, -0.15) is 0 Å². The highest BCUT2D eigenvalue weighted by atomic mass is 32.2. The van der Waals surface area contributed by atoms with Gasteiger partial charge in [0.1, 0.15) is 5.76 Å². The fraction of sp³-hybridized carbons (Fsp3) is 0.250. The Morgan fingerprint density at radius 3 is 2.70 bits per heavy atom. The van der Waals surface area contributed by atoms with E-state index < -0.39 is 10.0 Å². The van der Waals surface area contributed by atoms with Crippen LogP contribution in [0.4, 0.5) is 11.4 Å². The third-order valence-electron chi connectivity index (χ3n) is 2.73. The number of aryl methyl sites for hydroxylation is 1. The van der Waals surface area contributed by atoms with E-state index >= 15 is 0 Å². The number of nitrogen functional groups attached to an aromatic ring is 1. The van der Waals surface area contributed by atoms with Crippen molar-refractivity contribution in [3.05, 3.63) is 36.0 Å². The van der Waals surface area contributed by atoms with Crippen molar-refractivity contribution in [2.45, 2.75) is 24.8 Å². The van der Waals surface area contributed by atoms with Gasteiger partial charge in [-0.1, -0.05) is 6.92 Å². The van der Waals surface area contributed by atoms with Crippen molar-refractivity contribution < 1.29 is 12.8 Å². The van der Waals surface area contributed by atoms with Crippen molar-refractivity contribution in [2.75, 3.05) is 11.1 Å². The summed E-state index contributed by atoms with van der Waals surface area (Å²) in [6, 6.07) is 4.25. The van der Waals surface area contributed by atoms with Gasteiger partial charge in [0.05, 0.1) is 29.0 Å². The van der Waals surface area contributed by atoms with Crippen molar-refractivity contribution in [1.82, 2.24) is 4.98 Å². The second-order valence-electron chi connectivity index (χ2n) is 4.22. The molecule has 2 rings (SSSR count). The molecule has 0 saturated heterocycles. The van der Waals surface area contributed by atoms with Gasteiger partial charge in [-0.25, -0.2) is 18.5 Å². The van der Waals surface area contributed by atoms with Crippen LogP contribution >= 0.6 is 0 Å². The van der Waals surface area contributed by atoms with Crippen LogP contribution < -0.4 is 16.2 Å². The molecular formula is C12H16N4O3S. The van der Waals surface area contributed by atoms with Crippen molar-refractivity contribution in [2.24, 2.45) is 5.14 Å². The second-order valence-corrected chi connectivity index (χ2v) is 5.78. The number of primary sulfonamides is 1. The van der Waals surface area contributed by atoms with Crippen LogP contribution in [-0.4, -0.2) is 13.4 Å². The zero-order valence-electron chi connectivity index (χ0n) is 11.0. The molecular weight excluding hydrogens is 280 g/mol. The molecule has 2 aromatic rings. The number of sulfonamides is 1. The summed E-state index contributed by atoms with van der Waals surface area (Å²) < 4.78 is 27.8. The third kappa shape index (κ3) is 3.28. The Labute approximate surface area is 117 Å². The lowest BCUT2D eigenvalue weighted by Crippen LogP contribution is -2.13. The van der Waals surface area contributed by atoms with Gasteiger partial charge in [-0.15, -0.1) is 0 Å². The molecule has 0 unspecified atom stereocenters. The summed E-state index contributed by atoms with van der Waals surface area (Å²) in [7, 11) is -3.75. The molecule has 0 amide bonds. The smallest absolute Gasteiger partial charge is 0.238 e. The molecule has 0 atom stereocenters. The van der Waals surface area contributed by atoms with E-state index in [0.717, 1.165) is 12.2 Å². The molecule has 0 radical (unpaired) electrons. The minimum absolute atomic E-state index is 0.0232. The fourth-order valence-corrected chi connectivity index (χ4v) is 2.19. The van der Waals surface area contributed by atoms with E-state index in [0.29, 0.717) is 23.8 Å². The van der Waals surface area contributed by atoms with Crippen LogP contribution in [0.3, 0.4) is 0 Å². The van der Waals surface area contributed by atoms with E-state index in [1.54, 1.807) is 12.3 Å². The molecule has 0 spiro atoms. The Hall–Kier alpha value is -2.06. The van der Waals surface area contributed by atoms with Crippen LogP contribution in [-0.2, 0) is 23.0 Å². The summed E-state index contributed by atoms with van der Waals surface area (Å²) in [6.45, 7) is 2.33. The molecule has 8 heteroatoms. The summed E-state index contributed by atoms with van der Waals surface area (Å²) in [4.78, 5) is 4.08. The van der Waals surface area contributed by atoms with Crippen LogP contribution in [0, 0.1) is 0 Å². The summed E-state index contributed by atoms with van der Waals surface area (Å²) >= 11 is 0. The van der Waals surface area contributed by atoms with Crippen molar-refractivity contribution in [3.8, 4) is 0 Å². The van der Waals surface area contributed by atoms with E-state index in [4.69, 9.17) is 15.3 Å². The van der Waals surface area contributed by atoms with E-state index in [2.05, 4.69) is 10.3 Å². The number of hydrogen-bond donors (Lipinski definition) is 3. The highest BCUT2D eigenvalue weighted by Gasteiger charge is 2.10. The van der Waals surface area contributed by atoms with E-state index in [1.807, 2.05) is 6.92 Å². The molecule has 1 aromatic carbocycles. The first-order valence-corrected chi connectivity index (χ1v) is 7.54. The Bertz CT molecular complexity index is 709. The first-order valence-electron chi connectivity index (χ1n) is 6.00. The van der Waals surface area contributed by atoms with Gasteiger partial charge in [0, 0.05) is 6.42 Å². The number of anilines is 2. The summed E-state index contributed by atoms with van der Waals surface area (Å²) in [5.41, 5.74) is 6.66. The lowest BCUT2D eigenvalue weighted by atomic mass is 10.2. The number of rotatable bonds is 5. The number of nitrogens with one attached hydrogen (secondary N) is 1. The maximum absolute atomic E-state index is 11.2. The average molecular weight is 296 g/mol. The molecule has 0 aliphatic carbocycles. The normalized spacial score (nSPS) is 11.5. The quantitative estimate of drug-likeness (QED) is 0.709. The van der Waals surface area contributed by atoms with Crippen LogP contribution in [0.25, 0.3) is 0 Å². The van der Waals surface area contributed by atoms with Crippen LogP contribution in [0.2, 0.25) is 0 Å². The van der Waals surface area contributed by atoms with Gasteiger partial charge in [-0.05, 0) is 18.2 Å². The minimum atomic E-state index is -3.75. The number of nitrogens with two attached hydrogens (primary N) is 2. The number of aromatic nitrogens is 1. The van der Waals surface area contributed by atoms with Crippen molar-refractivity contribution in [1.29, 1.82) is 0 Å². The Morgan fingerprint density at radius 2 is 2.15 bits per heavy atom. The van der Waals surface area contributed by atoms with Gasteiger partial charge in [-0.3, -0.25) is 0 Å². The molecule has 1 aromatic heterocycles. The fourth-order valence-electron chi connectivity index (χ4n) is 1.64. The van der Waals surface area contributed by atoms with Crippen LogP contribution in [0.15, 0.2) is 33.7 Å². The lowest BCUT2D eigenvalue weighted by molar-refractivity contribution is 0.466. The van der Waals surface area contributed by atoms with Crippen molar-refractivity contribution >= 4 is 21.4 Å². The third-order valence-corrected chi connectivity index (χ3v) is 3.64. The molecule has 5 N–H and O–H groups in total. The molecule has 0 aliphatic heterocycles. The highest BCUT2D eigenvalue weighted by Crippen LogP contribution is 2.22. The van der Waals surface area contributed by atoms with E-state index in [-0.39, 0.29) is 4.90 Å². The Morgan fingerprint density at radius 1 is 1.40 bits per heavy atom. The molecule has 0 saturated carbocycles. The summed E-state index contributed by atoms with van der Waals surface area (Å²) in [6.07, 6.45) is 2.45. The molecule has 108 valence electrons. The Balaban J connectivity index is 2.10. The molecule has 1 heterocycles. The summed E-state index contributed by atoms with van der Waals surface area (Å²) in [5.74, 6) is 1.34. The van der Waals surface area contributed by atoms with Gasteiger partial charge in [0.2, 0.25) is 15.9 Å². The van der Waals surface area contributed by atoms with Crippen LogP contribution in [0.5, 0.6) is 0 Å². The zero-order valence-corrected chi connectivity index (χ0v) is 11.8. The van der Waals surface area contributed by atoms with E-state index in [9.17, 15) is 8.42 Å². The largest absolute Gasteiger partial charge is 0.444 e. The lowest BCUT2D eigenvalue weighted by Gasteiger charge is -2.08. The number of hydrogen-bond acceptors (Lipinski definition) is 6. The highest BCUT2D eigenvalue weighted by molar-refractivity contribution is 7.89. The predicted molar refractivity (Wildman–Crippen MR) is 75.4 cm³/mol. The monoisotopic (exact) mass is 296 g/mol. The van der Waals surface area contributed by atoms with Gasteiger partial charge < -0.3 is 15.5 Å². The zero-order chi connectivity index (χ0) is 14.8. The number of benzene rings is 1. The number of nitrogens with zero attached hydrogens (tertiary/aromatic N) is 1. The SMILES string of the molecule is CCc1cnc(CNc2ccc(S(N)(=O)=O)cc2N)o1. The molecule has 20 heavy (non-hydrogen) atoms. The van der Waals surface area contributed by atoms with Gasteiger partial charge in [0.15, 0.2) is 0 Å². The predicted octanol–water partition coefficient (Wildman–Crippen LogP) is 1.08. The first kappa shape index (κ1) is 14.4. The van der Waals surface area contributed by atoms with Gasteiger partial charge >= 0.3 is 0 Å². The maximum Gasteiger partial charge on any atom is 0.238 e. The topological polar surface area (TPSA) is 124 Å². The van der Waals surface area contributed by atoms with E-state index in [1.165, 1.54) is 12.1 Å². The summed E-state index contributed by atoms with van der Waals surface area (Å²) in [5, 5.41) is 8.06. The average Bonchev–Trinajstić information content (AvgIpc) is 2.84. The van der Waals surface area contributed by atoms with Crippen molar-refractivity contribution in [3.63, 3.8) is 0 Å². The van der Waals surface area contributed by atoms with Crippen LogP contribution in [0.1, 0.15) is 18.6 Å². The molecule has 0 bridgehead atoms. The minimum Gasteiger partial charge on any atom is -0.444 e. The first-order chi connectivity index (χ1) is 9.40. The van der Waals surface area contributed by atoms with Gasteiger partial charge in [0.25, 0.3) is 0 Å². The number of oxazole rings is 1. The molecule has 0 fully saturated rings.